The molecule has 2 heterocycles. The monoisotopic (exact) mass is 387 g/mol. The number of ether oxygens (including phenoxy) is 1. The van der Waals surface area contributed by atoms with Crippen molar-refractivity contribution in [1.29, 1.82) is 0 Å². The van der Waals surface area contributed by atoms with Gasteiger partial charge in [-0.1, -0.05) is 24.4 Å². The van der Waals surface area contributed by atoms with Gasteiger partial charge in [0.25, 0.3) is 0 Å². The molecule has 0 spiro atoms. The molecule has 1 atom stereocenters. The first-order valence-corrected chi connectivity index (χ1v) is 10.6. The second-order valence-corrected chi connectivity index (χ2v) is 8.23. The average molecular weight is 387 g/mol. The van der Waals surface area contributed by atoms with Crippen LogP contribution in [0.5, 0.6) is 0 Å². The van der Waals surface area contributed by atoms with Crippen LogP contribution in [0.3, 0.4) is 0 Å². The summed E-state index contributed by atoms with van der Waals surface area (Å²) < 4.78 is 25.4. The van der Waals surface area contributed by atoms with Crippen LogP contribution in [-0.4, -0.2) is 40.3 Å². The van der Waals surface area contributed by atoms with E-state index in [0.717, 1.165) is 31.5 Å². The number of rotatable bonds is 5. The third-order valence-electron chi connectivity index (χ3n) is 6.18. The largest absolute Gasteiger partial charge is 0.375 e. The molecule has 1 aromatic carbocycles. The second kappa shape index (κ2) is 8.70. The van der Waals surface area contributed by atoms with Crippen molar-refractivity contribution in [2.24, 2.45) is 0 Å². The summed E-state index contributed by atoms with van der Waals surface area (Å²) in [5.74, 6) is 0.906. The predicted octanol–water partition coefficient (Wildman–Crippen LogP) is 5.06. The van der Waals surface area contributed by atoms with Gasteiger partial charge >= 0.3 is 0 Å². The van der Waals surface area contributed by atoms with E-state index >= 15 is 0 Å². The number of halogens is 1. The number of aryl methyl sites for hydroxylation is 1. The molecule has 4 rings (SSSR count). The second-order valence-electron chi connectivity index (χ2n) is 8.23. The van der Waals surface area contributed by atoms with Gasteiger partial charge in [-0.25, -0.2) is 4.39 Å². The number of aromatic nitrogens is 2. The Hall–Kier alpha value is -1.79. The summed E-state index contributed by atoms with van der Waals surface area (Å²) in [7, 11) is 0. The van der Waals surface area contributed by atoms with E-state index in [1.54, 1.807) is 19.1 Å². The normalized spacial score (nSPS) is 21.1. The highest BCUT2D eigenvalue weighted by Crippen LogP contribution is 2.29. The minimum atomic E-state index is -0.223. The van der Waals surface area contributed by atoms with Gasteiger partial charge in [-0.05, 0) is 63.3 Å². The molecule has 1 aromatic heterocycles. The Bertz CT molecular complexity index is 780. The summed E-state index contributed by atoms with van der Waals surface area (Å²) in [6, 6.07) is 4.96. The van der Waals surface area contributed by atoms with Crippen molar-refractivity contribution in [3.63, 3.8) is 0 Å². The molecule has 0 N–H and O–H groups in total. The van der Waals surface area contributed by atoms with Gasteiger partial charge in [0, 0.05) is 18.7 Å². The van der Waals surface area contributed by atoms with E-state index in [0.29, 0.717) is 29.5 Å². The summed E-state index contributed by atoms with van der Waals surface area (Å²) >= 11 is 0. The number of hydrogen-bond acceptors (Lipinski definition) is 5. The average Bonchev–Trinajstić information content (AvgIpc) is 3.21. The van der Waals surface area contributed by atoms with E-state index in [2.05, 4.69) is 22.0 Å². The van der Waals surface area contributed by atoms with Crippen molar-refractivity contribution in [1.82, 2.24) is 15.0 Å². The zero-order chi connectivity index (χ0) is 19.5. The lowest BCUT2D eigenvalue weighted by atomic mass is 9.97. The minimum absolute atomic E-state index is 0.0680. The fourth-order valence-corrected chi connectivity index (χ4v) is 4.33. The van der Waals surface area contributed by atoms with Crippen LogP contribution < -0.4 is 0 Å². The van der Waals surface area contributed by atoms with Gasteiger partial charge in [0.2, 0.25) is 11.7 Å². The molecule has 0 bridgehead atoms. The summed E-state index contributed by atoms with van der Waals surface area (Å²) in [6.07, 6.45) is 9.40. The van der Waals surface area contributed by atoms with Gasteiger partial charge in [-0.2, -0.15) is 4.98 Å². The zero-order valence-corrected chi connectivity index (χ0v) is 16.9. The maximum atomic E-state index is 13.5. The van der Waals surface area contributed by atoms with Crippen molar-refractivity contribution in [3.8, 4) is 11.4 Å². The van der Waals surface area contributed by atoms with E-state index in [1.807, 2.05) is 0 Å². The van der Waals surface area contributed by atoms with Crippen molar-refractivity contribution < 1.29 is 13.7 Å². The van der Waals surface area contributed by atoms with E-state index in [4.69, 9.17) is 9.26 Å². The van der Waals surface area contributed by atoms with Crippen LogP contribution in [0.2, 0.25) is 0 Å². The molecule has 2 aliphatic rings. The van der Waals surface area contributed by atoms with Gasteiger partial charge in [-0.15, -0.1) is 0 Å². The van der Waals surface area contributed by atoms with Crippen LogP contribution >= 0.6 is 0 Å². The number of nitrogens with zero attached hydrogens (tertiary/aromatic N) is 3. The highest BCUT2D eigenvalue weighted by molar-refractivity contribution is 5.55. The van der Waals surface area contributed by atoms with Crippen LogP contribution in [0.15, 0.2) is 22.7 Å². The number of likely N-dealkylation sites (tertiary alicyclic amines) is 1. The molecule has 2 aromatic rings. The fraction of sp³-hybridized carbons (Fsp3) is 0.636. The molecule has 1 saturated heterocycles. The topological polar surface area (TPSA) is 51.4 Å². The molecule has 1 saturated carbocycles. The first-order chi connectivity index (χ1) is 13.6. The van der Waals surface area contributed by atoms with Gasteiger partial charge in [0.05, 0.1) is 18.2 Å². The standard InChI is InChI=1S/C22H30FN3O2/c1-15-14-17(8-9-20(15)23)21-24-22(28-25-21)16(2)26-12-10-19(11-13-26)27-18-6-4-3-5-7-18/h8-9,14,16,18-19H,3-7,10-13H2,1-2H3. The Labute approximate surface area is 166 Å². The van der Waals surface area contributed by atoms with Crippen molar-refractivity contribution >= 4 is 0 Å². The molecule has 0 amide bonds. The third-order valence-corrected chi connectivity index (χ3v) is 6.18. The summed E-state index contributed by atoms with van der Waals surface area (Å²) in [5, 5.41) is 4.11. The van der Waals surface area contributed by atoms with Crippen LogP contribution in [0.25, 0.3) is 11.4 Å². The van der Waals surface area contributed by atoms with E-state index in [9.17, 15) is 4.39 Å². The first kappa shape index (κ1) is 19.5. The molecule has 6 heteroatoms. The Kier molecular flexibility index (Phi) is 6.07. The summed E-state index contributed by atoms with van der Waals surface area (Å²) in [4.78, 5) is 6.95. The molecule has 5 nitrogen and oxygen atoms in total. The molecule has 1 aliphatic heterocycles. The first-order valence-electron chi connectivity index (χ1n) is 10.6. The van der Waals surface area contributed by atoms with E-state index in [1.165, 1.54) is 38.2 Å². The van der Waals surface area contributed by atoms with E-state index in [-0.39, 0.29) is 11.9 Å². The third kappa shape index (κ3) is 4.44. The molecule has 152 valence electrons. The Balaban J connectivity index is 1.33. The summed E-state index contributed by atoms with van der Waals surface area (Å²) in [5.41, 5.74) is 1.36. The lowest BCUT2D eigenvalue weighted by Crippen LogP contribution is -2.40. The molecule has 1 unspecified atom stereocenters. The van der Waals surface area contributed by atoms with Crippen molar-refractivity contribution in [2.75, 3.05) is 13.1 Å². The van der Waals surface area contributed by atoms with Crippen LogP contribution in [0.1, 0.15) is 69.4 Å². The van der Waals surface area contributed by atoms with Gasteiger partial charge in [0.15, 0.2) is 0 Å². The van der Waals surface area contributed by atoms with Crippen molar-refractivity contribution in [3.05, 3.63) is 35.5 Å². The Morgan fingerprint density at radius 2 is 1.82 bits per heavy atom. The lowest BCUT2D eigenvalue weighted by molar-refractivity contribution is -0.0608. The van der Waals surface area contributed by atoms with Crippen LogP contribution in [0.4, 0.5) is 4.39 Å². The summed E-state index contributed by atoms with van der Waals surface area (Å²) in [6.45, 7) is 5.80. The SMILES string of the molecule is Cc1cc(-c2noc(C(C)N3CCC(OC4CCCCC4)CC3)n2)ccc1F. The molecule has 2 fully saturated rings. The maximum Gasteiger partial charge on any atom is 0.244 e. The number of hydrogen-bond donors (Lipinski definition) is 0. The molecule has 1 aliphatic carbocycles. The number of piperidine rings is 1. The fourth-order valence-electron chi connectivity index (χ4n) is 4.33. The van der Waals surface area contributed by atoms with Gasteiger partial charge < -0.3 is 9.26 Å². The molecule has 28 heavy (non-hydrogen) atoms. The molecule has 0 radical (unpaired) electrons. The van der Waals surface area contributed by atoms with Crippen molar-refractivity contribution in [2.45, 2.75) is 77.0 Å². The van der Waals surface area contributed by atoms with Crippen LogP contribution in [-0.2, 0) is 4.74 Å². The molecular weight excluding hydrogens is 357 g/mol. The maximum absolute atomic E-state index is 13.5. The zero-order valence-electron chi connectivity index (χ0n) is 16.9. The number of benzene rings is 1. The van der Waals surface area contributed by atoms with Gasteiger partial charge in [0.1, 0.15) is 5.82 Å². The van der Waals surface area contributed by atoms with Gasteiger partial charge in [-0.3, -0.25) is 4.90 Å². The Morgan fingerprint density at radius 1 is 1.11 bits per heavy atom. The highest BCUT2D eigenvalue weighted by atomic mass is 19.1. The molecular formula is C22H30FN3O2. The quantitative estimate of drug-likeness (QED) is 0.718. The van der Waals surface area contributed by atoms with Crippen LogP contribution in [0, 0.1) is 12.7 Å². The highest BCUT2D eigenvalue weighted by Gasteiger charge is 2.29. The van der Waals surface area contributed by atoms with E-state index < -0.39 is 0 Å². The Morgan fingerprint density at radius 3 is 2.54 bits per heavy atom. The smallest absolute Gasteiger partial charge is 0.244 e. The predicted molar refractivity (Wildman–Crippen MR) is 105 cm³/mol. The lowest BCUT2D eigenvalue weighted by Gasteiger charge is -2.36. The minimum Gasteiger partial charge on any atom is -0.375 e.